The molecule has 0 radical (unpaired) electrons. The van der Waals surface area contributed by atoms with Crippen LogP contribution in [0.3, 0.4) is 0 Å². The molecule has 200 valence electrons. The lowest BCUT2D eigenvalue weighted by Gasteiger charge is -2.33. The van der Waals surface area contributed by atoms with Crippen molar-refractivity contribution in [1.29, 1.82) is 0 Å². The third-order valence-corrected chi connectivity index (χ3v) is 6.71. The van der Waals surface area contributed by atoms with Crippen molar-refractivity contribution in [3.8, 4) is 0 Å². The van der Waals surface area contributed by atoms with E-state index in [1.807, 2.05) is 11.9 Å². The summed E-state index contributed by atoms with van der Waals surface area (Å²) in [6, 6.07) is 7.22. The number of aromatic nitrogens is 3. The highest BCUT2D eigenvalue weighted by atomic mass is 19.4. The lowest BCUT2D eigenvalue weighted by atomic mass is 9.91. The Labute approximate surface area is 208 Å². The molecule has 5 nitrogen and oxygen atoms in total. The summed E-state index contributed by atoms with van der Waals surface area (Å²) < 4.78 is 99.9. The summed E-state index contributed by atoms with van der Waals surface area (Å²) in [5, 5.41) is 6.62. The molecule has 3 aromatic rings. The van der Waals surface area contributed by atoms with Crippen LogP contribution < -0.4 is 0 Å². The maximum Gasteiger partial charge on any atom is 0.416 e. The summed E-state index contributed by atoms with van der Waals surface area (Å²) in [7, 11) is 1.87. The Morgan fingerprint density at radius 3 is 2.16 bits per heavy atom. The number of halogens is 7. The Hall–Kier alpha value is -2.99. The molecule has 4 unspecified atom stereocenters. The summed E-state index contributed by atoms with van der Waals surface area (Å²) in [5.41, 5.74) is -2.25. The molecule has 4 atom stereocenters. The molecule has 2 aromatic carbocycles. The van der Waals surface area contributed by atoms with E-state index in [1.165, 1.54) is 25.4 Å². The van der Waals surface area contributed by atoms with E-state index in [0.717, 1.165) is 5.56 Å². The molecule has 0 amide bonds. The van der Waals surface area contributed by atoms with Gasteiger partial charge in [0, 0.05) is 12.0 Å². The number of benzene rings is 2. The maximum atomic E-state index is 13.6. The number of rotatable bonds is 7. The molecule has 1 aliphatic rings. The summed E-state index contributed by atoms with van der Waals surface area (Å²) >= 11 is 0. The highest BCUT2D eigenvalue weighted by Crippen LogP contribution is 2.43. The predicted molar refractivity (Wildman–Crippen MR) is 120 cm³/mol. The number of aromatic amines is 1. The molecule has 1 saturated carbocycles. The number of hydrogen-bond donors (Lipinski definition) is 1. The lowest BCUT2D eigenvalue weighted by molar-refractivity contribution is -0.143. The van der Waals surface area contributed by atoms with Gasteiger partial charge in [-0.25, -0.2) is 9.37 Å². The Kier molecular flexibility index (Phi) is 7.61. The van der Waals surface area contributed by atoms with Crippen molar-refractivity contribution in [2.45, 2.75) is 62.8 Å². The van der Waals surface area contributed by atoms with E-state index in [4.69, 9.17) is 4.74 Å². The van der Waals surface area contributed by atoms with Gasteiger partial charge in [0.25, 0.3) is 0 Å². The molecular weight excluding hydrogens is 505 g/mol. The number of hydrogen-bond acceptors (Lipinski definition) is 4. The molecule has 0 saturated heterocycles. The van der Waals surface area contributed by atoms with Gasteiger partial charge < -0.3 is 4.74 Å². The van der Waals surface area contributed by atoms with Crippen LogP contribution in [0.2, 0.25) is 0 Å². The predicted octanol–water partition coefficient (Wildman–Crippen LogP) is 6.51. The quantitative estimate of drug-likeness (QED) is 0.354. The van der Waals surface area contributed by atoms with Crippen LogP contribution in [0.4, 0.5) is 30.7 Å². The van der Waals surface area contributed by atoms with Crippen LogP contribution in [-0.4, -0.2) is 39.3 Å². The molecule has 12 heteroatoms. The molecule has 1 N–H and O–H groups in total. The number of likely N-dealkylation sites (N-methyl/N-ethyl adjacent to an activating group) is 1. The van der Waals surface area contributed by atoms with E-state index < -0.39 is 41.5 Å². The third-order valence-electron chi connectivity index (χ3n) is 6.71. The fourth-order valence-corrected chi connectivity index (χ4v) is 4.93. The van der Waals surface area contributed by atoms with Gasteiger partial charge in [-0.05, 0) is 68.3 Å². The summed E-state index contributed by atoms with van der Waals surface area (Å²) in [4.78, 5) is 6.15. The van der Waals surface area contributed by atoms with Crippen LogP contribution in [0.1, 0.15) is 59.9 Å². The van der Waals surface area contributed by atoms with E-state index in [1.54, 1.807) is 12.1 Å². The van der Waals surface area contributed by atoms with Gasteiger partial charge in [-0.2, -0.15) is 31.4 Å². The average Bonchev–Trinajstić information content (AvgIpc) is 3.48. The van der Waals surface area contributed by atoms with Gasteiger partial charge in [0.05, 0.1) is 29.9 Å². The van der Waals surface area contributed by atoms with Crippen molar-refractivity contribution in [2.75, 3.05) is 7.05 Å². The highest BCUT2D eigenvalue weighted by Gasteiger charge is 2.42. The number of nitrogens with zero attached hydrogens (tertiary/aromatic N) is 3. The third kappa shape index (κ3) is 6.30. The van der Waals surface area contributed by atoms with Crippen LogP contribution in [0.15, 0.2) is 48.8 Å². The average molecular weight is 530 g/mol. The van der Waals surface area contributed by atoms with Gasteiger partial charge in [-0.15, -0.1) is 0 Å². The van der Waals surface area contributed by atoms with Crippen molar-refractivity contribution in [3.05, 3.63) is 82.7 Å². The van der Waals surface area contributed by atoms with E-state index >= 15 is 0 Å². The second-order valence-corrected chi connectivity index (χ2v) is 9.23. The van der Waals surface area contributed by atoms with E-state index in [0.29, 0.717) is 37.3 Å². The Balaban J connectivity index is 1.63. The molecule has 4 rings (SSSR count). The van der Waals surface area contributed by atoms with Crippen LogP contribution in [-0.2, 0) is 23.6 Å². The zero-order valence-electron chi connectivity index (χ0n) is 19.9. The topological polar surface area (TPSA) is 54.0 Å². The zero-order valence-corrected chi connectivity index (χ0v) is 19.9. The lowest BCUT2D eigenvalue weighted by Crippen LogP contribution is -2.36. The molecule has 0 aliphatic heterocycles. The van der Waals surface area contributed by atoms with Gasteiger partial charge in [-0.3, -0.25) is 10.00 Å². The first kappa shape index (κ1) is 27.1. The standard InChI is InChI=1S/C25H25F7N4O/c1-14(16-9-17(24(27,28)29)11-18(10-16)25(30,31)32)37-21-8-7-20(36(2)12-22-33-13-34-35-22)23(21)15-3-5-19(26)6-4-15/h3-6,9-11,13-14,20-21,23H,7-8,12H2,1-2H3,(H,33,34,35). The monoisotopic (exact) mass is 530 g/mol. The van der Waals surface area contributed by atoms with Crippen LogP contribution >= 0.6 is 0 Å². The van der Waals surface area contributed by atoms with Crippen molar-refractivity contribution in [1.82, 2.24) is 20.1 Å². The first-order valence-electron chi connectivity index (χ1n) is 11.6. The second-order valence-electron chi connectivity index (χ2n) is 9.23. The molecular formula is C25H25F7N4O. The minimum atomic E-state index is -4.95. The highest BCUT2D eigenvalue weighted by molar-refractivity contribution is 5.35. The fourth-order valence-electron chi connectivity index (χ4n) is 4.93. The van der Waals surface area contributed by atoms with Crippen molar-refractivity contribution < 1.29 is 35.5 Å². The van der Waals surface area contributed by atoms with E-state index in [2.05, 4.69) is 15.2 Å². The largest absolute Gasteiger partial charge is 0.416 e. The summed E-state index contributed by atoms with van der Waals surface area (Å²) in [6.07, 6.45) is -8.97. The maximum absolute atomic E-state index is 13.6. The summed E-state index contributed by atoms with van der Waals surface area (Å²) in [5.74, 6) is -0.117. The van der Waals surface area contributed by atoms with Gasteiger partial charge in [0.2, 0.25) is 0 Å². The normalized spacial score (nSPS) is 21.5. The molecule has 1 aliphatic carbocycles. The van der Waals surface area contributed by atoms with Crippen LogP contribution in [0.5, 0.6) is 0 Å². The van der Waals surface area contributed by atoms with Crippen LogP contribution in [0, 0.1) is 5.82 Å². The Morgan fingerprint density at radius 1 is 1.00 bits per heavy atom. The van der Waals surface area contributed by atoms with Gasteiger partial charge in [0.1, 0.15) is 18.0 Å². The molecule has 0 bridgehead atoms. The summed E-state index contributed by atoms with van der Waals surface area (Å²) in [6.45, 7) is 1.86. The van der Waals surface area contributed by atoms with E-state index in [-0.39, 0.29) is 23.6 Å². The SMILES string of the molecule is CC(OC1CCC(N(C)Cc2ncn[nH]2)C1c1ccc(F)cc1)c1cc(C(F)(F)F)cc(C(F)(F)F)c1. The second kappa shape index (κ2) is 10.4. The number of H-pyrrole nitrogens is 1. The van der Waals surface area contributed by atoms with Crippen molar-refractivity contribution in [3.63, 3.8) is 0 Å². The number of ether oxygens (including phenoxy) is 1. The minimum absolute atomic E-state index is 0.0988. The molecule has 37 heavy (non-hydrogen) atoms. The molecule has 1 fully saturated rings. The van der Waals surface area contributed by atoms with E-state index in [9.17, 15) is 30.7 Å². The first-order chi connectivity index (χ1) is 17.3. The Morgan fingerprint density at radius 2 is 1.62 bits per heavy atom. The number of nitrogens with one attached hydrogen (secondary N) is 1. The molecule has 1 aromatic heterocycles. The number of alkyl halides is 6. The Bertz CT molecular complexity index is 1150. The van der Waals surface area contributed by atoms with Gasteiger partial charge in [0.15, 0.2) is 0 Å². The zero-order chi connectivity index (χ0) is 27.0. The van der Waals surface area contributed by atoms with Gasteiger partial charge >= 0.3 is 12.4 Å². The van der Waals surface area contributed by atoms with Crippen molar-refractivity contribution in [2.24, 2.45) is 0 Å². The first-order valence-corrected chi connectivity index (χ1v) is 11.6. The van der Waals surface area contributed by atoms with Crippen molar-refractivity contribution >= 4 is 0 Å². The van der Waals surface area contributed by atoms with Gasteiger partial charge in [-0.1, -0.05) is 12.1 Å². The minimum Gasteiger partial charge on any atom is -0.370 e. The fraction of sp³-hybridized carbons (Fsp3) is 0.440. The van der Waals surface area contributed by atoms with Crippen LogP contribution in [0.25, 0.3) is 0 Å². The smallest absolute Gasteiger partial charge is 0.370 e. The molecule has 0 spiro atoms. The molecule has 1 heterocycles.